The summed E-state index contributed by atoms with van der Waals surface area (Å²) in [5.74, 6) is 0.296. The van der Waals surface area contributed by atoms with E-state index in [2.05, 4.69) is 10.6 Å². The monoisotopic (exact) mass is 292 g/mol. The van der Waals surface area contributed by atoms with Gasteiger partial charge >= 0.3 is 5.97 Å². The normalized spacial score (nSPS) is 18.1. The van der Waals surface area contributed by atoms with E-state index in [0.717, 1.165) is 16.9 Å². The number of esters is 1. The molecule has 1 atom stereocenters. The minimum Gasteiger partial charge on any atom is -0.496 e. The lowest BCUT2D eigenvalue weighted by molar-refractivity contribution is -0.136. The fraction of sp³-hybridized carbons (Fsp3) is 0.286. The van der Waals surface area contributed by atoms with E-state index in [0.29, 0.717) is 10.8 Å². The Hall–Kier alpha value is -2.08. The maximum Gasteiger partial charge on any atom is 0.354 e. The molecule has 5 nitrogen and oxygen atoms in total. The van der Waals surface area contributed by atoms with Crippen LogP contribution in [-0.4, -0.2) is 25.3 Å². The highest BCUT2D eigenvalue weighted by molar-refractivity contribution is 7.80. The van der Waals surface area contributed by atoms with E-state index in [4.69, 9.17) is 21.7 Å². The van der Waals surface area contributed by atoms with Crippen molar-refractivity contribution in [3.63, 3.8) is 0 Å². The first-order valence-corrected chi connectivity index (χ1v) is 6.48. The molecule has 1 aliphatic heterocycles. The molecule has 1 unspecified atom stereocenters. The number of methoxy groups -OCH3 is 2. The Morgan fingerprint density at radius 3 is 2.65 bits per heavy atom. The predicted molar refractivity (Wildman–Crippen MR) is 79.3 cm³/mol. The van der Waals surface area contributed by atoms with E-state index < -0.39 is 5.97 Å². The molecule has 6 heteroatoms. The average molecular weight is 292 g/mol. The Bertz CT molecular complexity index is 584. The van der Waals surface area contributed by atoms with Crippen LogP contribution in [-0.2, 0) is 9.53 Å². The van der Waals surface area contributed by atoms with Gasteiger partial charge in [-0.15, -0.1) is 0 Å². The van der Waals surface area contributed by atoms with Gasteiger partial charge in [0.05, 0.1) is 20.3 Å². The third-order valence-electron chi connectivity index (χ3n) is 3.18. The molecular weight excluding hydrogens is 276 g/mol. The molecule has 1 aromatic carbocycles. The topological polar surface area (TPSA) is 59.6 Å². The summed E-state index contributed by atoms with van der Waals surface area (Å²) in [5, 5.41) is 6.36. The fourth-order valence-corrected chi connectivity index (χ4v) is 2.38. The largest absolute Gasteiger partial charge is 0.496 e. The summed E-state index contributed by atoms with van der Waals surface area (Å²) in [5.41, 5.74) is 2.08. The van der Waals surface area contributed by atoms with Gasteiger partial charge in [0.2, 0.25) is 0 Å². The molecular formula is C14H16N2O3S. The summed E-state index contributed by atoms with van der Waals surface area (Å²) in [4.78, 5) is 11.8. The molecule has 1 aromatic rings. The molecule has 0 saturated carbocycles. The zero-order valence-corrected chi connectivity index (χ0v) is 12.3. The van der Waals surface area contributed by atoms with Gasteiger partial charge in [0.15, 0.2) is 5.11 Å². The lowest BCUT2D eigenvalue weighted by Gasteiger charge is -2.30. The maximum atomic E-state index is 11.8. The number of hydrogen-bond acceptors (Lipinski definition) is 4. The molecule has 0 radical (unpaired) electrons. The van der Waals surface area contributed by atoms with Crippen molar-refractivity contribution in [3.05, 3.63) is 41.1 Å². The van der Waals surface area contributed by atoms with Crippen LogP contribution in [0.15, 0.2) is 35.5 Å². The van der Waals surface area contributed by atoms with Crippen molar-refractivity contribution >= 4 is 23.3 Å². The minimum atomic E-state index is -0.439. The number of ether oxygens (including phenoxy) is 2. The Morgan fingerprint density at radius 1 is 1.30 bits per heavy atom. The Kier molecular flexibility index (Phi) is 4.24. The minimum absolute atomic E-state index is 0.228. The SMILES string of the molecule is COC(=O)C1=C(C)C(c2ccccc2OC)NC(=S)N1. The van der Waals surface area contributed by atoms with Gasteiger partial charge in [-0.2, -0.15) is 0 Å². The van der Waals surface area contributed by atoms with E-state index in [1.165, 1.54) is 7.11 Å². The number of carbonyl (C=O) groups excluding carboxylic acids is 1. The number of carbonyl (C=O) groups is 1. The highest BCUT2D eigenvalue weighted by atomic mass is 32.1. The summed E-state index contributed by atoms with van der Waals surface area (Å²) < 4.78 is 10.1. The highest BCUT2D eigenvalue weighted by Gasteiger charge is 2.29. The van der Waals surface area contributed by atoms with Crippen LogP contribution in [0.1, 0.15) is 18.5 Å². The van der Waals surface area contributed by atoms with Gasteiger partial charge in [-0.25, -0.2) is 4.79 Å². The van der Waals surface area contributed by atoms with Crippen LogP contribution in [0.3, 0.4) is 0 Å². The Balaban J connectivity index is 2.49. The van der Waals surface area contributed by atoms with Gasteiger partial charge < -0.3 is 20.1 Å². The molecule has 0 bridgehead atoms. The van der Waals surface area contributed by atoms with Crippen LogP contribution in [0.5, 0.6) is 5.75 Å². The molecule has 106 valence electrons. The van der Waals surface area contributed by atoms with Crippen molar-refractivity contribution in [3.8, 4) is 5.75 Å². The number of rotatable bonds is 3. The zero-order valence-electron chi connectivity index (χ0n) is 11.5. The molecule has 1 heterocycles. The number of benzene rings is 1. The van der Waals surface area contributed by atoms with E-state index in [1.54, 1.807) is 7.11 Å². The quantitative estimate of drug-likeness (QED) is 0.653. The van der Waals surface area contributed by atoms with Crippen molar-refractivity contribution in [1.82, 2.24) is 10.6 Å². The van der Waals surface area contributed by atoms with Crippen molar-refractivity contribution < 1.29 is 14.3 Å². The molecule has 2 N–H and O–H groups in total. The van der Waals surface area contributed by atoms with Crippen LogP contribution < -0.4 is 15.4 Å². The van der Waals surface area contributed by atoms with Crippen molar-refractivity contribution in [1.29, 1.82) is 0 Å². The van der Waals surface area contributed by atoms with Crippen LogP contribution in [0.4, 0.5) is 0 Å². The Labute approximate surface area is 123 Å². The first-order chi connectivity index (χ1) is 9.58. The van der Waals surface area contributed by atoms with E-state index >= 15 is 0 Å². The summed E-state index contributed by atoms with van der Waals surface area (Å²) in [6, 6.07) is 7.38. The van der Waals surface area contributed by atoms with E-state index in [9.17, 15) is 4.79 Å². The fourth-order valence-electron chi connectivity index (χ4n) is 2.16. The van der Waals surface area contributed by atoms with Crippen molar-refractivity contribution in [2.45, 2.75) is 13.0 Å². The van der Waals surface area contributed by atoms with Crippen LogP contribution in [0.25, 0.3) is 0 Å². The molecule has 0 aliphatic carbocycles. The predicted octanol–water partition coefficient (Wildman–Crippen LogP) is 1.66. The summed E-state index contributed by atoms with van der Waals surface area (Å²) in [7, 11) is 2.95. The molecule has 2 rings (SSSR count). The second-order valence-electron chi connectivity index (χ2n) is 4.32. The molecule has 1 aliphatic rings. The number of thiocarbonyl (C=S) groups is 1. The standard InChI is InChI=1S/C14H16N2O3S/c1-8-11(9-6-4-5-7-10(9)18-2)15-14(20)16-12(8)13(17)19-3/h4-7,11H,1-3H3,(H2,15,16,20). The Morgan fingerprint density at radius 2 is 2.00 bits per heavy atom. The maximum absolute atomic E-state index is 11.8. The summed E-state index contributed by atoms with van der Waals surface area (Å²) in [6.45, 7) is 1.85. The van der Waals surface area contributed by atoms with Gasteiger partial charge in [-0.1, -0.05) is 18.2 Å². The van der Waals surface area contributed by atoms with Gasteiger partial charge in [-0.3, -0.25) is 0 Å². The summed E-state index contributed by atoms with van der Waals surface area (Å²) in [6.07, 6.45) is 0. The molecule has 0 aromatic heterocycles. The number of nitrogens with one attached hydrogen (secondary N) is 2. The van der Waals surface area contributed by atoms with Gasteiger partial charge in [0, 0.05) is 5.56 Å². The van der Waals surface area contributed by atoms with E-state index in [1.807, 2.05) is 31.2 Å². The average Bonchev–Trinajstić information content (AvgIpc) is 2.48. The van der Waals surface area contributed by atoms with Crippen LogP contribution >= 0.6 is 12.2 Å². The first kappa shape index (κ1) is 14.3. The zero-order chi connectivity index (χ0) is 14.7. The second-order valence-corrected chi connectivity index (χ2v) is 4.73. The van der Waals surface area contributed by atoms with Crippen LogP contribution in [0, 0.1) is 0 Å². The summed E-state index contributed by atoms with van der Waals surface area (Å²) >= 11 is 5.15. The van der Waals surface area contributed by atoms with Gasteiger partial charge in [0.1, 0.15) is 11.4 Å². The third kappa shape index (κ3) is 2.60. The second kappa shape index (κ2) is 5.92. The lowest BCUT2D eigenvalue weighted by Crippen LogP contribution is -2.45. The molecule has 0 spiro atoms. The smallest absolute Gasteiger partial charge is 0.354 e. The molecule has 20 heavy (non-hydrogen) atoms. The number of hydrogen-bond donors (Lipinski definition) is 2. The highest BCUT2D eigenvalue weighted by Crippen LogP contribution is 2.32. The molecule has 0 saturated heterocycles. The van der Waals surface area contributed by atoms with Gasteiger partial charge in [0.25, 0.3) is 0 Å². The van der Waals surface area contributed by atoms with Crippen molar-refractivity contribution in [2.75, 3.05) is 14.2 Å². The van der Waals surface area contributed by atoms with Crippen LogP contribution in [0.2, 0.25) is 0 Å². The van der Waals surface area contributed by atoms with E-state index in [-0.39, 0.29) is 6.04 Å². The number of para-hydroxylation sites is 1. The first-order valence-electron chi connectivity index (χ1n) is 6.08. The lowest BCUT2D eigenvalue weighted by atomic mass is 9.96. The van der Waals surface area contributed by atoms with Crippen molar-refractivity contribution in [2.24, 2.45) is 0 Å². The third-order valence-corrected chi connectivity index (χ3v) is 3.40. The van der Waals surface area contributed by atoms with Gasteiger partial charge in [-0.05, 0) is 30.8 Å². The molecule has 0 fully saturated rings. The molecule has 0 amide bonds.